The van der Waals surface area contributed by atoms with Gasteiger partial charge < -0.3 is 4.74 Å². The normalized spacial score (nSPS) is 32.1. The van der Waals surface area contributed by atoms with Crippen molar-refractivity contribution in [2.75, 3.05) is 0 Å². The van der Waals surface area contributed by atoms with Crippen LogP contribution in [0.4, 0.5) is 0 Å². The molecule has 10 heavy (non-hydrogen) atoms. The van der Waals surface area contributed by atoms with Crippen LogP contribution in [0, 0.1) is 0 Å². The molecule has 1 rings (SSSR count). The molecule has 0 saturated carbocycles. The van der Waals surface area contributed by atoms with E-state index in [0.29, 0.717) is 0 Å². The van der Waals surface area contributed by atoms with Crippen molar-refractivity contribution in [1.82, 2.24) is 0 Å². The Labute approximate surface area is 60.9 Å². The number of carbonyl (C=O) groups is 1. The van der Waals surface area contributed by atoms with Crippen LogP contribution in [0.5, 0.6) is 0 Å². The van der Waals surface area contributed by atoms with E-state index >= 15 is 0 Å². The highest BCUT2D eigenvalue weighted by atomic mass is 16.5. The fourth-order valence-electron chi connectivity index (χ4n) is 1.14. The van der Waals surface area contributed by atoms with Gasteiger partial charge in [-0.25, -0.2) is 0 Å². The monoisotopic (exact) mass is 140 g/mol. The van der Waals surface area contributed by atoms with E-state index < -0.39 is 0 Å². The summed E-state index contributed by atoms with van der Waals surface area (Å²) < 4.78 is 5.29. The highest BCUT2D eigenvalue weighted by Crippen LogP contribution is 2.19. The summed E-state index contributed by atoms with van der Waals surface area (Å²) in [6, 6.07) is 0. The van der Waals surface area contributed by atoms with Crippen molar-refractivity contribution in [3.05, 3.63) is 12.7 Å². The Bertz CT molecular complexity index is 151. The Morgan fingerprint density at radius 2 is 2.40 bits per heavy atom. The second-order valence-corrected chi connectivity index (χ2v) is 2.62. The molecule has 2 atom stereocenters. The molecular formula is C8H12O2. The maximum absolute atomic E-state index is 10.9. The summed E-state index contributed by atoms with van der Waals surface area (Å²) in [5.41, 5.74) is 0. The largest absolute Gasteiger partial charge is 0.367 e. The van der Waals surface area contributed by atoms with Crippen molar-refractivity contribution < 1.29 is 9.53 Å². The highest BCUT2D eigenvalue weighted by Gasteiger charge is 2.25. The molecule has 1 saturated heterocycles. The van der Waals surface area contributed by atoms with E-state index in [1.807, 2.05) is 6.92 Å². The van der Waals surface area contributed by atoms with Crippen molar-refractivity contribution in [2.24, 2.45) is 0 Å². The highest BCUT2D eigenvalue weighted by molar-refractivity contribution is 5.93. The van der Waals surface area contributed by atoms with E-state index in [4.69, 9.17) is 4.74 Å². The van der Waals surface area contributed by atoms with Crippen LogP contribution in [0.2, 0.25) is 0 Å². The van der Waals surface area contributed by atoms with Crippen LogP contribution in [0.3, 0.4) is 0 Å². The zero-order chi connectivity index (χ0) is 7.56. The lowest BCUT2D eigenvalue weighted by atomic mass is 10.1. The van der Waals surface area contributed by atoms with Gasteiger partial charge in [-0.3, -0.25) is 4.79 Å². The predicted octanol–water partition coefficient (Wildman–Crippen LogP) is 1.31. The Morgan fingerprint density at radius 1 is 1.70 bits per heavy atom. The summed E-state index contributed by atoms with van der Waals surface area (Å²) in [5.74, 6) is 0.0179. The Balaban J connectivity index is 2.44. The smallest absolute Gasteiger partial charge is 0.183 e. The fourth-order valence-corrected chi connectivity index (χ4v) is 1.14. The topological polar surface area (TPSA) is 26.3 Å². The number of ether oxygens (including phenoxy) is 1. The molecule has 0 amide bonds. The zero-order valence-corrected chi connectivity index (χ0v) is 6.17. The molecule has 1 heterocycles. The Kier molecular flexibility index (Phi) is 2.22. The van der Waals surface area contributed by atoms with E-state index in [0.717, 1.165) is 12.8 Å². The van der Waals surface area contributed by atoms with Crippen molar-refractivity contribution in [3.63, 3.8) is 0 Å². The lowest BCUT2D eigenvalue weighted by Gasteiger charge is -2.05. The van der Waals surface area contributed by atoms with Gasteiger partial charge in [-0.2, -0.15) is 0 Å². The van der Waals surface area contributed by atoms with Gasteiger partial charge in [0.2, 0.25) is 0 Å². The summed E-state index contributed by atoms with van der Waals surface area (Å²) >= 11 is 0. The van der Waals surface area contributed by atoms with Gasteiger partial charge in [0.1, 0.15) is 6.10 Å². The maximum atomic E-state index is 10.9. The standard InChI is InChI=1S/C8H12O2/c1-3-7(9)8-5-4-6(2)10-8/h3,6,8H,1,4-5H2,2H3/t6-,8-/m1/s1. The minimum Gasteiger partial charge on any atom is -0.367 e. The molecular weight excluding hydrogens is 128 g/mol. The van der Waals surface area contributed by atoms with Crippen LogP contribution in [0.25, 0.3) is 0 Å². The fraction of sp³-hybridized carbons (Fsp3) is 0.625. The van der Waals surface area contributed by atoms with Gasteiger partial charge in [-0.1, -0.05) is 6.58 Å². The quantitative estimate of drug-likeness (QED) is 0.540. The van der Waals surface area contributed by atoms with E-state index in [1.54, 1.807) is 0 Å². The summed E-state index contributed by atoms with van der Waals surface area (Å²) in [7, 11) is 0. The summed E-state index contributed by atoms with van der Waals surface area (Å²) in [5, 5.41) is 0. The maximum Gasteiger partial charge on any atom is 0.183 e. The average Bonchev–Trinajstić information content (AvgIpc) is 2.34. The van der Waals surface area contributed by atoms with E-state index in [9.17, 15) is 4.79 Å². The molecule has 0 bridgehead atoms. The number of hydrogen-bond acceptors (Lipinski definition) is 2. The van der Waals surface area contributed by atoms with Gasteiger partial charge in [0.15, 0.2) is 5.78 Å². The van der Waals surface area contributed by atoms with Gasteiger partial charge in [-0.05, 0) is 25.8 Å². The second-order valence-electron chi connectivity index (χ2n) is 2.62. The first-order valence-corrected chi connectivity index (χ1v) is 3.55. The van der Waals surface area contributed by atoms with Crippen LogP contribution >= 0.6 is 0 Å². The van der Waals surface area contributed by atoms with E-state index in [-0.39, 0.29) is 18.0 Å². The van der Waals surface area contributed by atoms with Gasteiger partial charge in [0.05, 0.1) is 6.10 Å². The van der Waals surface area contributed by atoms with Gasteiger partial charge >= 0.3 is 0 Å². The first kappa shape index (κ1) is 7.48. The molecule has 1 fully saturated rings. The zero-order valence-electron chi connectivity index (χ0n) is 6.17. The van der Waals surface area contributed by atoms with Crippen LogP contribution < -0.4 is 0 Å². The van der Waals surface area contributed by atoms with Crippen molar-refractivity contribution in [3.8, 4) is 0 Å². The molecule has 1 aliphatic rings. The number of carbonyl (C=O) groups excluding carboxylic acids is 1. The molecule has 2 heteroatoms. The van der Waals surface area contributed by atoms with Crippen LogP contribution in [-0.2, 0) is 9.53 Å². The molecule has 0 radical (unpaired) electrons. The molecule has 0 aliphatic carbocycles. The predicted molar refractivity (Wildman–Crippen MR) is 38.8 cm³/mol. The average molecular weight is 140 g/mol. The van der Waals surface area contributed by atoms with Gasteiger partial charge in [0, 0.05) is 0 Å². The lowest BCUT2D eigenvalue weighted by Crippen LogP contribution is -2.17. The molecule has 56 valence electrons. The first-order chi connectivity index (χ1) is 4.74. The van der Waals surface area contributed by atoms with E-state index in [2.05, 4.69) is 6.58 Å². The second kappa shape index (κ2) is 2.97. The minimum absolute atomic E-state index is 0.0179. The summed E-state index contributed by atoms with van der Waals surface area (Å²) in [6.07, 6.45) is 3.22. The minimum atomic E-state index is -0.201. The molecule has 0 unspecified atom stereocenters. The summed E-state index contributed by atoms with van der Waals surface area (Å²) in [6.45, 7) is 5.38. The summed E-state index contributed by atoms with van der Waals surface area (Å²) in [4.78, 5) is 10.9. The SMILES string of the molecule is C=CC(=O)[C@H]1CC[C@@H](C)O1. The first-order valence-electron chi connectivity index (χ1n) is 3.55. The third-order valence-electron chi connectivity index (χ3n) is 1.75. The molecule has 0 aromatic heterocycles. The van der Waals surface area contributed by atoms with Crippen LogP contribution in [-0.4, -0.2) is 18.0 Å². The lowest BCUT2D eigenvalue weighted by molar-refractivity contribution is -0.124. The third-order valence-corrected chi connectivity index (χ3v) is 1.75. The van der Waals surface area contributed by atoms with Gasteiger partial charge in [-0.15, -0.1) is 0 Å². The Morgan fingerprint density at radius 3 is 2.80 bits per heavy atom. The van der Waals surface area contributed by atoms with Crippen LogP contribution in [0.15, 0.2) is 12.7 Å². The number of hydrogen-bond donors (Lipinski definition) is 0. The molecule has 1 aliphatic heterocycles. The van der Waals surface area contributed by atoms with Gasteiger partial charge in [0.25, 0.3) is 0 Å². The third kappa shape index (κ3) is 1.45. The molecule has 0 aromatic carbocycles. The number of rotatable bonds is 2. The van der Waals surface area contributed by atoms with Crippen LogP contribution in [0.1, 0.15) is 19.8 Å². The van der Waals surface area contributed by atoms with Crippen molar-refractivity contribution >= 4 is 5.78 Å². The van der Waals surface area contributed by atoms with E-state index in [1.165, 1.54) is 6.08 Å². The Hall–Kier alpha value is -0.630. The molecule has 0 aromatic rings. The van der Waals surface area contributed by atoms with Crippen molar-refractivity contribution in [2.45, 2.75) is 32.0 Å². The molecule has 0 N–H and O–H groups in total. The van der Waals surface area contributed by atoms with Crippen molar-refractivity contribution in [1.29, 1.82) is 0 Å². The molecule has 2 nitrogen and oxygen atoms in total. The number of ketones is 1. The molecule has 0 spiro atoms.